The number of hydrogen-bond donors (Lipinski definition) is 1. The average molecular weight is 284 g/mol. The lowest BCUT2D eigenvalue weighted by molar-refractivity contribution is 0.274. The fraction of sp³-hybridized carbons (Fsp3) is 0.462. The molecule has 1 saturated heterocycles. The van der Waals surface area contributed by atoms with Crippen molar-refractivity contribution in [3.05, 3.63) is 35.1 Å². The third-order valence-corrected chi connectivity index (χ3v) is 4.42. The van der Waals surface area contributed by atoms with Crippen molar-refractivity contribution in [1.29, 1.82) is 0 Å². The molecule has 0 aromatic heterocycles. The van der Waals surface area contributed by atoms with Gasteiger partial charge in [0, 0.05) is 41.8 Å². The highest BCUT2D eigenvalue weighted by molar-refractivity contribution is 7.99. The molecule has 0 spiro atoms. The minimum Gasteiger partial charge on any atom is -0.389 e. The fourth-order valence-corrected chi connectivity index (χ4v) is 3.41. The summed E-state index contributed by atoms with van der Waals surface area (Å²) in [6.07, 6.45) is 0. The molecule has 1 fully saturated rings. The van der Waals surface area contributed by atoms with Gasteiger partial charge in [-0.3, -0.25) is 4.90 Å². The number of nitrogens with zero attached hydrogens (tertiary/aromatic N) is 1. The van der Waals surface area contributed by atoms with Crippen molar-refractivity contribution in [1.82, 2.24) is 4.90 Å². The van der Waals surface area contributed by atoms with Crippen LogP contribution < -0.4 is 5.73 Å². The molecule has 1 unspecified atom stereocenters. The Labute approximate surface area is 117 Å². The Morgan fingerprint density at radius 3 is 3.06 bits per heavy atom. The third-order valence-electron chi connectivity index (χ3n) is 3.06. The van der Waals surface area contributed by atoms with Crippen molar-refractivity contribution < 1.29 is 4.39 Å². The predicted octanol–water partition coefficient (Wildman–Crippen LogP) is 2.40. The quantitative estimate of drug-likeness (QED) is 0.863. The van der Waals surface area contributed by atoms with Gasteiger partial charge in [-0.15, -0.1) is 0 Å². The van der Waals surface area contributed by atoms with Gasteiger partial charge in [-0.05, 0) is 6.07 Å². The first-order valence-corrected chi connectivity index (χ1v) is 7.45. The second-order valence-corrected chi connectivity index (χ2v) is 6.55. The molecule has 0 amide bonds. The Balaban J connectivity index is 2.14. The monoisotopic (exact) mass is 284 g/mol. The van der Waals surface area contributed by atoms with E-state index in [0.717, 1.165) is 18.8 Å². The number of thioether (sulfide) groups is 1. The number of rotatable bonds is 3. The maximum atomic E-state index is 14.2. The molecule has 0 saturated carbocycles. The number of nitrogens with two attached hydrogens (primary N) is 1. The molecular weight excluding hydrogens is 267 g/mol. The van der Waals surface area contributed by atoms with E-state index in [1.165, 1.54) is 0 Å². The second kappa shape index (κ2) is 5.99. The van der Waals surface area contributed by atoms with Crippen LogP contribution in [0.4, 0.5) is 4.39 Å². The van der Waals surface area contributed by atoms with Crippen LogP contribution >= 0.6 is 24.0 Å². The minimum atomic E-state index is -0.268. The zero-order valence-corrected chi connectivity index (χ0v) is 12.0. The third kappa shape index (κ3) is 3.22. The molecule has 98 valence electrons. The van der Waals surface area contributed by atoms with Crippen molar-refractivity contribution in [2.45, 2.75) is 18.7 Å². The van der Waals surface area contributed by atoms with Gasteiger partial charge in [0.15, 0.2) is 0 Å². The van der Waals surface area contributed by atoms with Crippen molar-refractivity contribution in [2.24, 2.45) is 5.73 Å². The molecule has 1 heterocycles. The summed E-state index contributed by atoms with van der Waals surface area (Å²) in [5, 5.41) is 0.612. The smallest absolute Gasteiger partial charge is 0.137 e. The lowest BCUT2D eigenvalue weighted by atomic mass is 10.1. The van der Waals surface area contributed by atoms with Gasteiger partial charge in [0.05, 0.1) is 0 Å². The first-order valence-electron chi connectivity index (χ1n) is 5.99. The Morgan fingerprint density at radius 1 is 1.61 bits per heavy atom. The van der Waals surface area contributed by atoms with Gasteiger partial charge in [-0.1, -0.05) is 31.3 Å². The predicted molar refractivity (Wildman–Crippen MR) is 79.5 cm³/mol. The molecular formula is C13H17FN2S2. The number of halogens is 1. The summed E-state index contributed by atoms with van der Waals surface area (Å²) >= 11 is 6.82. The van der Waals surface area contributed by atoms with Crippen molar-refractivity contribution in [2.75, 3.05) is 18.8 Å². The molecule has 0 radical (unpaired) electrons. The van der Waals surface area contributed by atoms with E-state index in [-0.39, 0.29) is 10.8 Å². The molecule has 1 aliphatic rings. The van der Waals surface area contributed by atoms with Gasteiger partial charge in [0.25, 0.3) is 0 Å². The number of thiocarbonyl (C=S) groups is 1. The first-order chi connectivity index (χ1) is 8.58. The van der Waals surface area contributed by atoms with Gasteiger partial charge in [0.1, 0.15) is 10.8 Å². The van der Waals surface area contributed by atoms with E-state index in [4.69, 9.17) is 18.0 Å². The van der Waals surface area contributed by atoms with Gasteiger partial charge in [-0.2, -0.15) is 11.8 Å². The Morgan fingerprint density at radius 2 is 2.39 bits per heavy atom. The summed E-state index contributed by atoms with van der Waals surface area (Å²) in [6.45, 7) is 4.85. The molecule has 1 atom stereocenters. The number of benzene rings is 1. The van der Waals surface area contributed by atoms with E-state index in [0.29, 0.717) is 22.9 Å². The zero-order valence-electron chi connectivity index (χ0n) is 10.4. The summed E-state index contributed by atoms with van der Waals surface area (Å²) in [5.41, 5.74) is 6.54. The molecule has 2 rings (SSSR count). The second-order valence-electron chi connectivity index (χ2n) is 4.56. The van der Waals surface area contributed by atoms with Crippen LogP contribution in [0.3, 0.4) is 0 Å². The summed E-state index contributed by atoms with van der Waals surface area (Å²) in [7, 11) is 0. The van der Waals surface area contributed by atoms with Gasteiger partial charge in [-0.25, -0.2) is 4.39 Å². The molecule has 1 aromatic rings. The van der Waals surface area contributed by atoms with E-state index in [9.17, 15) is 4.39 Å². The van der Waals surface area contributed by atoms with Crippen LogP contribution in [-0.2, 0) is 6.54 Å². The summed E-state index contributed by atoms with van der Waals surface area (Å²) in [4.78, 5) is 2.40. The molecule has 0 aliphatic carbocycles. The van der Waals surface area contributed by atoms with Gasteiger partial charge < -0.3 is 5.73 Å². The standard InChI is InChI=1S/C13H17FN2S2/c1-9-7-16(5-6-18-9)8-10-3-2-4-11(12(10)14)13(15)17/h2-4,9H,5-8H2,1H3,(H2,15,17). The van der Waals surface area contributed by atoms with Crippen LogP contribution in [-0.4, -0.2) is 34.0 Å². The Hall–Kier alpha value is -0.650. The summed E-state index contributed by atoms with van der Waals surface area (Å²) in [6, 6.07) is 5.26. The maximum Gasteiger partial charge on any atom is 0.137 e. The molecule has 1 aromatic carbocycles. The van der Waals surface area contributed by atoms with E-state index < -0.39 is 0 Å². The van der Waals surface area contributed by atoms with Crippen molar-refractivity contribution in [3.63, 3.8) is 0 Å². The van der Waals surface area contributed by atoms with Gasteiger partial charge >= 0.3 is 0 Å². The average Bonchev–Trinajstić information content (AvgIpc) is 2.31. The zero-order chi connectivity index (χ0) is 13.1. The molecule has 0 bridgehead atoms. The van der Waals surface area contributed by atoms with E-state index >= 15 is 0 Å². The molecule has 5 heteroatoms. The van der Waals surface area contributed by atoms with Crippen LogP contribution in [0.5, 0.6) is 0 Å². The fourth-order valence-electron chi connectivity index (χ4n) is 2.17. The summed E-state index contributed by atoms with van der Waals surface area (Å²) < 4.78 is 14.2. The van der Waals surface area contributed by atoms with E-state index in [1.807, 2.05) is 23.9 Å². The van der Waals surface area contributed by atoms with Crippen molar-refractivity contribution in [3.8, 4) is 0 Å². The normalized spacial score (nSPS) is 20.9. The highest BCUT2D eigenvalue weighted by Gasteiger charge is 2.19. The van der Waals surface area contributed by atoms with Crippen LogP contribution in [0.25, 0.3) is 0 Å². The van der Waals surface area contributed by atoms with Crippen LogP contribution in [0.15, 0.2) is 18.2 Å². The topological polar surface area (TPSA) is 29.3 Å². The highest BCUT2D eigenvalue weighted by atomic mass is 32.2. The summed E-state index contributed by atoms with van der Waals surface area (Å²) in [5.74, 6) is 0.841. The van der Waals surface area contributed by atoms with Crippen LogP contribution in [0.1, 0.15) is 18.1 Å². The van der Waals surface area contributed by atoms with Crippen LogP contribution in [0.2, 0.25) is 0 Å². The highest BCUT2D eigenvalue weighted by Crippen LogP contribution is 2.21. The van der Waals surface area contributed by atoms with E-state index in [1.54, 1.807) is 6.07 Å². The first kappa shape index (κ1) is 13.8. The number of hydrogen-bond acceptors (Lipinski definition) is 3. The Kier molecular flexibility index (Phi) is 4.59. The molecule has 18 heavy (non-hydrogen) atoms. The minimum absolute atomic E-state index is 0.122. The molecule has 2 nitrogen and oxygen atoms in total. The molecule has 1 aliphatic heterocycles. The lowest BCUT2D eigenvalue weighted by Crippen LogP contribution is -2.36. The Bertz CT molecular complexity index is 451. The largest absolute Gasteiger partial charge is 0.389 e. The lowest BCUT2D eigenvalue weighted by Gasteiger charge is -2.30. The van der Waals surface area contributed by atoms with Gasteiger partial charge in [0.2, 0.25) is 0 Å². The van der Waals surface area contributed by atoms with E-state index in [2.05, 4.69) is 11.8 Å². The SMILES string of the molecule is CC1CN(Cc2cccc(C(N)=S)c2F)CCS1. The maximum absolute atomic E-state index is 14.2. The van der Waals surface area contributed by atoms with Crippen LogP contribution in [0, 0.1) is 5.82 Å². The molecule has 2 N–H and O–H groups in total. The van der Waals surface area contributed by atoms with Crippen molar-refractivity contribution >= 4 is 29.0 Å².